The standard InChI is InChI=1S/C19H18N4O3/c1-12-16(17(20)24)22-15(11-21-12)14-5-3-4-13(10-14)6-7-19(26)8-9-23(2)18(19)25/h3-5,10-11,26H,8-9H2,1-2H3,(H2,20,24)/t19-/m0/s1. The van der Waals surface area contributed by atoms with E-state index in [1.807, 2.05) is 0 Å². The predicted molar refractivity (Wildman–Crippen MR) is 94.8 cm³/mol. The molecule has 1 atom stereocenters. The minimum atomic E-state index is -1.65. The summed E-state index contributed by atoms with van der Waals surface area (Å²) in [6, 6.07) is 7.10. The van der Waals surface area contributed by atoms with Gasteiger partial charge in [0.05, 0.1) is 17.6 Å². The van der Waals surface area contributed by atoms with Crippen LogP contribution in [0, 0.1) is 18.8 Å². The molecule has 2 amide bonds. The predicted octanol–water partition coefficient (Wildman–Crippen LogP) is 0.496. The molecule has 0 spiro atoms. The number of aromatic nitrogens is 2. The summed E-state index contributed by atoms with van der Waals surface area (Å²) in [7, 11) is 1.63. The Hall–Kier alpha value is -3.24. The highest BCUT2D eigenvalue weighted by Crippen LogP contribution is 2.22. The molecule has 1 fully saturated rings. The maximum Gasteiger partial charge on any atom is 0.269 e. The number of hydrogen-bond acceptors (Lipinski definition) is 5. The van der Waals surface area contributed by atoms with Gasteiger partial charge in [-0.1, -0.05) is 24.0 Å². The van der Waals surface area contributed by atoms with E-state index in [1.54, 1.807) is 44.4 Å². The van der Waals surface area contributed by atoms with Crippen molar-refractivity contribution in [3.8, 4) is 23.1 Å². The van der Waals surface area contributed by atoms with Crippen LogP contribution in [-0.2, 0) is 4.79 Å². The number of amides is 2. The van der Waals surface area contributed by atoms with Gasteiger partial charge in [-0.2, -0.15) is 0 Å². The normalized spacial score (nSPS) is 19.2. The zero-order valence-electron chi connectivity index (χ0n) is 14.5. The van der Waals surface area contributed by atoms with Gasteiger partial charge in [0.25, 0.3) is 11.8 Å². The minimum Gasteiger partial charge on any atom is -0.369 e. The van der Waals surface area contributed by atoms with E-state index >= 15 is 0 Å². The number of aliphatic hydroxyl groups is 1. The van der Waals surface area contributed by atoms with Crippen LogP contribution < -0.4 is 5.73 Å². The number of aryl methyl sites for hydroxylation is 1. The fourth-order valence-electron chi connectivity index (χ4n) is 2.72. The van der Waals surface area contributed by atoms with Gasteiger partial charge < -0.3 is 15.7 Å². The van der Waals surface area contributed by atoms with Crippen LogP contribution in [0.25, 0.3) is 11.3 Å². The summed E-state index contributed by atoms with van der Waals surface area (Å²) in [5.41, 5.74) is 6.06. The first kappa shape index (κ1) is 17.6. The van der Waals surface area contributed by atoms with Crippen molar-refractivity contribution in [2.24, 2.45) is 5.73 Å². The molecule has 7 heteroatoms. The molecule has 0 aliphatic carbocycles. The molecule has 3 N–H and O–H groups in total. The third kappa shape index (κ3) is 3.27. The van der Waals surface area contributed by atoms with E-state index < -0.39 is 17.4 Å². The summed E-state index contributed by atoms with van der Waals surface area (Å²) in [6.45, 7) is 2.13. The first-order chi connectivity index (χ1) is 12.3. The lowest BCUT2D eigenvalue weighted by atomic mass is 10.0. The third-order valence-corrected chi connectivity index (χ3v) is 4.27. The van der Waals surface area contributed by atoms with Crippen molar-refractivity contribution in [3.63, 3.8) is 0 Å². The van der Waals surface area contributed by atoms with E-state index in [1.165, 1.54) is 4.90 Å². The molecule has 2 heterocycles. The van der Waals surface area contributed by atoms with Gasteiger partial charge in [-0.15, -0.1) is 0 Å². The molecule has 1 aliphatic heterocycles. The first-order valence-electron chi connectivity index (χ1n) is 8.05. The average molecular weight is 350 g/mol. The number of benzene rings is 1. The highest BCUT2D eigenvalue weighted by Gasteiger charge is 2.42. The van der Waals surface area contributed by atoms with Crippen molar-refractivity contribution in [2.45, 2.75) is 18.9 Å². The molecule has 1 aromatic carbocycles. The van der Waals surface area contributed by atoms with Crippen molar-refractivity contribution in [1.29, 1.82) is 0 Å². The summed E-state index contributed by atoms with van der Waals surface area (Å²) in [5, 5.41) is 10.4. The Kier molecular flexibility index (Phi) is 4.45. The van der Waals surface area contributed by atoms with Gasteiger partial charge >= 0.3 is 0 Å². The van der Waals surface area contributed by atoms with Gasteiger partial charge in [0.15, 0.2) is 0 Å². The second-order valence-corrected chi connectivity index (χ2v) is 6.22. The fourth-order valence-corrected chi connectivity index (χ4v) is 2.72. The molecule has 0 bridgehead atoms. The number of likely N-dealkylation sites (N-methyl/N-ethyl adjacent to an activating group) is 1. The minimum absolute atomic E-state index is 0.118. The molecule has 0 unspecified atom stereocenters. The molecule has 0 saturated carbocycles. The topological polar surface area (TPSA) is 109 Å². The number of hydrogen-bond donors (Lipinski definition) is 2. The van der Waals surface area contributed by atoms with E-state index in [2.05, 4.69) is 21.8 Å². The van der Waals surface area contributed by atoms with Gasteiger partial charge in [0, 0.05) is 31.1 Å². The molecule has 7 nitrogen and oxygen atoms in total. The first-order valence-corrected chi connectivity index (χ1v) is 8.05. The zero-order valence-corrected chi connectivity index (χ0v) is 14.5. The van der Waals surface area contributed by atoms with Crippen molar-refractivity contribution < 1.29 is 14.7 Å². The monoisotopic (exact) mass is 350 g/mol. The van der Waals surface area contributed by atoms with Crippen LogP contribution in [-0.4, -0.2) is 51.0 Å². The molecular formula is C19H18N4O3. The van der Waals surface area contributed by atoms with Crippen molar-refractivity contribution in [2.75, 3.05) is 13.6 Å². The lowest BCUT2D eigenvalue weighted by molar-refractivity contribution is -0.137. The number of carbonyl (C=O) groups is 2. The molecule has 1 aromatic heterocycles. The summed E-state index contributed by atoms with van der Waals surface area (Å²) < 4.78 is 0. The summed E-state index contributed by atoms with van der Waals surface area (Å²) in [4.78, 5) is 33.3. The third-order valence-electron chi connectivity index (χ3n) is 4.27. The Morgan fingerprint density at radius 1 is 1.42 bits per heavy atom. The summed E-state index contributed by atoms with van der Waals surface area (Å²) >= 11 is 0. The van der Waals surface area contributed by atoms with Crippen molar-refractivity contribution in [1.82, 2.24) is 14.9 Å². The second-order valence-electron chi connectivity index (χ2n) is 6.22. The van der Waals surface area contributed by atoms with Gasteiger partial charge in [-0.25, -0.2) is 4.98 Å². The molecule has 132 valence electrons. The van der Waals surface area contributed by atoms with Crippen LogP contribution in [0.4, 0.5) is 0 Å². The van der Waals surface area contributed by atoms with E-state index in [0.717, 1.165) is 0 Å². The van der Waals surface area contributed by atoms with Gasteiger partial charge in [-0.05, 0) is 19.1 Å². The van der Waals surface area contributed by atoms with Crippen molar-refractivity contribution >= 4 is 11.8 Å². The zero-order chi connectivity index (χ0) is 18.9. The number of primary amides is 1. The Morgan fingerprint density at radius 2 is 2.19 bits per heavy atom. The number of nitrogens with zero attached hydrogens (tertiary/aromatic N) is 3. The molecule has 3 rings (SSSR count). The molecule has 2 aromatic rings. The quantitative estimate of drug-likeness (QED) is 0.767. The lowest BCUT2D eigenvalue weighted by Gasteiger charge is -2.13. The highest BCUT2D eigenvalue weighted by atomic mass is 16.3. The summed E-state index contributed by atoms with van der Waals surface area (Å²) in [6.07, 6.45) is 1.83. The Bertz CT molecular complexity index is 961. The largest absolute Gasteiger partial charge is 0.369 e. The maximum atomic E-state index is 12.0. The maximum absolute atomic E-state index is 12.0. The number of rotatable bonds is 2. The molecular weight excluding hydrogens is 332 g/mol. The van der Waals surface area contributed by atoms with Crippen molar-refractivity contribution in [3.05, 3.63) is 47.4 Å². The number of carbonyl (C=O) groups excluding carboxylic acids is 2. The number of likely N-dealkylation sites (tertiary alicyclic amines) is 1. The van der Waals surface area contributed by atoms with E-state index in [4.69, 9.17) is 5.73 Å². The Balaban J connectivity index is 1.93. The van der Waals surface area contributed by atoms with Crippen LogP contribution in [0.5, 0.6) is 0 Å². The van der Waals surface area contributed by atoms with E-state index in [-0.39, 0.29) is 12.1 Å². The van der Waals surface area contributed by atoms with E-state index in [9.17, 15) is 14.7 Å². The molecule has 26 heavy (non-hydrogen) atoms. The summed E-state index contributed by atoms with van der Waals surface area (Å²) in [5.74, 6) is 4.49. The van der Waals surface area contributed by atoms with E-state index in [0.29, 0.717) is 29.1 Å². The van der Waals surface area contributed by atoms with Gasteiger partial charge in [0.1, 0.15) is 5.69 Å². The Labute approximate surface area is 150 Å². The molecule has 0 radical (unpaired) electrons. The van der Waals surface area contributed by atoms with Crippen LogP contribution >= 0.6 is 0 Å². The van der Waals surface area contributed by atoms with Crippen LogP contribution in [0.1, 0.15) is 28.2 Å². The van der Waals surface area contributed by atoms with Gasteiger partial charge in [-0.3, -0.25) is 14.6 Å². The smallest absolute Gasteiger partial charge is 0.269 e. The van der Waals surface area contributed by atoms with Crippen LogP contribution in [0.3, 0.4) is 0 Å². The SMILES string of the molecule is Cc1ncc(-c2cccc(C#C[C@]3(O)CCN(C)C3=O)c2)nc1C(N)=O. The molecule has 1 aliphatic rings. The Morgan fingerprint density at radius 3 is 2.85 bits per heavy atom. The van der Waals surface area contributed by atoms with Crippen LogP contribution in [0.15, 0.2) is 30.5 Å². The number of nitrogens with two attached hydrogens (primary N) is 1. The lowest BCUT2D eigenvalue weighted by Crippen LogP contribution is -2.37. The highest BCUT2D eigenvalue weighted by molar-refractivity contribution is 5.92. The molecule has 1 saturated heterocycles. The fraction of sp³-hybridized carbons (Fsp3) is 0.263. The second kappa shape index (κ2) is 6.58. The van der Waals surface area contributed by atoms with Gasteiger partial charge in [0.2, 0.25) is 5.60 Å². The van der Waals surface area contributed by atoms with Crippen LogP contribution in [0.2, 0.25) is 0 Å². The average Bonchev–Trinajstić information content (AvgIpc) is 2.88.